The van der Waals surface area contributed by atoms with Crippen LogP contribution in [0.2, 0.25) is 0 Å². The molecule has 1 aliphatic carbocycles. The van der Waals surface area contributed by atoms with E-state index in [1.807, 2.05) is 0 Å². The fourth-order valence-electron chi connectivity index (χ4n) is 2.45. The molecule has 1 saturated carbocycles. The van der Waals surface area contributed by atoms with Crippen molar-refractivity contribution in [2.45, 2.75) is 31.6 Å². The molecule has 1 aromatic rings. The predicted molar refractivity (Wildman–Crippen MR) is 62.2 cm³/mol. The first-order valence-electron chi connectivity index (χ1n) is 5.67. The maximum absolute atomic E-state index is 11.6. The van der Waals surface area contributed by atoms with Crippen molar-refractivity contribution >= 4 is 0 Å². The molecule has 0 bridgehead atoms. The van der Waals surface area contributed by atoms with Gasteiger partial charge in [0.05, 0.1) is 18.8 Å². The minimum absolute atomic E-state index is 0.248. The third-order valence-corrected chi connectivity index (χ3v) is 3.68. The van der Waals surface area contributed by atoms with Crippen LogP contribution in [0.3, 0.4) is 0 Å². The van der Waals surface area contributed by atoms with Crippen LogP contribution in [0.1, 0.15) is 19.4 Å². The minimum Gasteiger partial charge on any atom is -0.396 e. The van der Waals surface area contributed by atoms with Crippen molar-refractivity contribution in [2.75, 3.05) is 6.61 Å². The number of aromatic nitrogens is 2. The Labute approximate surface area is 102 Å². The second-order valence-corrected chi connectivity index (χ2v) is 5.04. The van der Waals surface area contributed by atoms with Crippen molar-refractivity contribution in [2.24, 2.45) is 5.41 Å². The van der Waals surface area contributed by atoms with Gasteiger partial charge in [-0.3, -0.25) is 14.3 Å². The quantitative estimate of drug-likeness (QED) is 0.498. The Kier molecular flexibility index (Phi) is 3.14. The molecule has 7 heteroatoms. The summed E-state index contributed by atoms with van der Waals surface area (Å²) in [6, 6.07) is 0.510. The summed E-state index contributed by atoms with van der Waals surface area (Å²) in [7, 11) is 0. The molecular formula is C11H16N2O5. The Morgan fingerprint density at radius 1 is 1.50 bits per heavy atom. The van der Waals surface area contributed by atoms with E-state index in [9.17, 15) is 24.9 Å². The average Bonchev–Trinajstić information content (AvgIpc) is 2.55. The fourth-order valence-corrected chi connectivity index (χ4v) is 2.45. The first kappa shape index (κ1) is 13.0. The van der Waals surface area contributed by atoms with Crippen molar-refractivity contribution in [3.8, 4) is 0 Å². The monoisotopic (exact) mass is 256 g/mol. The van der Waals surface area contributed by atoms with Gasteiger partial charge in [-0.15, -0.1) is 0 Å². The molecule has 0 amide bonds. The molecule has 4 N–H and O–H groups in total. The summed E-state index contributed by atoms with van der Waals surface area (Å²) in [5, 5.41) is 29.1. The fraction of sp³-hybridized carbons (Fsp3) is 0.636. The topological polar surface area (TPSA) is 116 Å². The minimum atomic E-state index is -1.16. The number of aliphatic hydroxyl groups excluding tert-OH is 3. The molecule has 4 atom stereocenters. The zero-order valence-electron chi connectivity index (χ0n) is 9.91. The van der Waals surface area contributed by atoms with Crippen molar-refractivity contribution < 1.29 is 15.3 Å². The molecule has 100 valence electrons. The third kappa shape index (κ3) is 1.90. The highest BCUT2D eigenvalue weighted by Crippen LogP contribution is 2.43. The van der Waals surface area contributed by atoms with Crippen LogP contribution in [-0.4, -0.2) is 43.7 Å². The van der Waals surface area contributed by atoms with Gasteiger partial charge in [-0.05, 0) is 6.42 Å². The van der Waals surface area contributed by atoms with E-state index in [0.29, 0.717) is 0 Å². The molecule has 7 nitrogen and oxygen atoms in total. The summed E-state index contributed by atoms with van der Waals surface area (Å²) in [6.07, 6.45) is -0.750. The van der Waals surface area contributed by atoms with E-state index >= 15 is 0 Å². The molecular weight excluding hydrogens is 240 g/mol. The van der Waals surface area contributed by atoms with E-state index in [1.54, 1.807) is 6.92 Å². The lowest BCUT2D eigenvalue weighted by atomic mass is 9.87. The van der Waals surface area contributed by atoms with Crippen molar-refractivity contribution in [1.29, 1.82) is 0 Å². The van der Waals surface area contributed by atoms with Gasteiger partial charge in [0.1, 0.15) is 6.10 Å². The van der Waals surface area contributed by atoms with Gasteiger partial charge in [0.15, 0.2) is 0 Å². The molecule has 0 unspecified atom stereocenters. The van der Waals surface area contributed by atoms with Gasteiger partial charge < -0.3 is 15.3 Å². The van der Waals surface area contributed by atoms with Crippen LogP contribution in [0.25, 0.3) is 0 Å². The Hall–Kier alpha value is -1.44. The van der Waals surface area contributed by atoms with E-state index in [1.165, 1.54) is 16.8 Å². The number of nitrogens with zero attached hydrogens (tertiary/aromatic N) is 1. The van der Waals surface area contributed by atoms with Crippen LogP contribution in [0.4, 0.5) is 0 Å². The number of rotatable bonds is 2. The van der Waals surface area contributed by atoms with Crippen LogP contribution in [-0.2, 0) is 0 Å². The van der Waals surface area contributed by atoms with Crippen LogP contribution >= 0.6 is 0 Å². The van der Waals surface area contributed by atoms with Crippen LogP contribution in [0.5, 0.6) is 0 Å². The molecule has 1 aliphatic rings. The van der Waals surface area contributed by atoms with Gasteiger partial charge in [0, 0.05) is 17.7 Å². The van der Waals surface area contributed by atoms with E-state index < -0.39 is 34.9 Å². The molecule has 0 aromatic carbocycles. The van der Waals surface area contributed by atoms with Gasteiger partial charge in [0.2, 0.25) is 0 Å². The maximum Gasteiger partial charge on any atom is 0.328 e. The number of nitrogens with one attached hydrogen (secondary N) is 1. The molecule has 0 saturated heterocycles. The average molecular weight is 256 g/mol. The van der Waals surface area contributed by atoms with Gasteiger partial charge in [-0.25, -0.2) is 4.79 Å². The highest BCUT2D eigenvalue weighted by molar-refractivity contribution is 5.03. The van der Waals surface area contributed by atoms with Gasteiger partial charge >= 0.3 is 5.69 Å². The van der Waals surface area contributed by atoms with Crippen molar-refractivity contribution in [1.82, 2.24) is 9.55 Å². The smallest absolute Gasteiger partial charge is 0.328 e. The molecule has 1 fully saturated rings. The summed E-state index contributed by atoms with van der Waals surface area (Å²) < 4.78 is 1.18. The second-order valence-electron chi connectivity index (χ2n) is 5.04. The normalized spacial score (nSPS) is 35.9. The summed E-state index contributed by atoms with van der Waals surface area (Å²) in [5.41, 5.74) is -2.02. The second kappa shape index (κ2) is 4.34. The molecule has 1 heterocycles. The van der Waals surface area contributed by atoms with Gasteiger partial charge in [-0.1, -0.05) is 6.92 Å². The lowest BCUT2D eigenvalue weighted by Gasteiger charge is -2.25. The Morgan fingerprint density at radius 3 is 2.67 bits per heavy atom. The third-order valence-electron chi connectivity index (χ3n) is 3.68. The Morgan fingerprint density at radius 2 is 2.17 bits per heavy atom. The summed E-state index contributed by atoms with van der Waals surface area (Å²) in [4.78, 5) is 24.7. The zero-order chi connectivity index (χ0) is 13.5. The van der Waals surface area contributed by atoms with E-state index in [2.05, 4.69) is 4.98 Å². The zero-order valence-corrected chi connectivity index (χ0v) is 9.91. The Balaban J connectivity index is 2.41. The SMILES string of the molecule is C[C@]1(CO)C[C@@H](n2ccc(=O)[nH]c2=O)[C@@H](O)[C@H]1O. The van der Waals surface area contributed by atoms with E-state index in [4.69, 9.17) is 0 Å². The maximum atomic E-state index is 11.6. The molecule has 0 radical (unpaired) electrons. The van der Waals surface area contributed by atoms with E-state index in [0.717, 1.165) is 0 Å². The number of aromatic amines is 1. The number of H-pyrrole nitrogens is 1. The highest BCUT2D eigenvalue weighted by Gasteiger charge is 2.50. The molecule has 18 heavy (non-hydrogen) atoms. The van der Waals surface area contributed by atoms with Crippen LogP contribution in [0.15, 0.2) is 21.9 Å². The number of hydrogen-bond acceptors (Lipinski definition) is 5. The standard InChI is InChI=1S/C11H16N2O5/c1-11(5-14)4-6(8(16)9(11)17)13-3-2-7(15)12-10(13)18/h2-3,6,8-9,14,16-17H,4-5H2,1H3,(H,12,15,18)/t6-,8-,9-,11-/m1/s1. The van der Waals surface area contributed by atoms with Crippen LogP contribution < -0.4 is 11.2 Å². The molecule has 0 spiro atoms. The van der Waals surface area contributed by atoms with Crippen molar-refractivity contribution in [3.05, 3.63) is 33.1 Å². The van der Waals surface area contributed by atoms with Crippen LogP contribution in [0, 0.1) is 5.41 Å². The molecule has 0 aliphatic heterocycles. The van der Waals surface area contributed by atoms with Crippen molar-refractivity contribution in [3.63, 3.8) is 0 Å². The lowest BCUT2D eigenvalue weighted by molar-refractivity contribution is -0.0407. The number of aliphatic hydroxyl groups is 3. The predicted octanol–water partition coefficient (Wildman–Crippen LogP) is -1.80. The first-order valence-corrected chi connectivity index (χ1v) is 5.67. The number of hydrogen-bond donors (Lipinski definition) is 4. The highest BCUT2D eigenvalue weighted by atomic mass is 16.3. The summed E-state index contributed by atoms with van der Waals surface area (Å²) in [6.45, 7) is 1.34. The summed E-state index contributed by atoms with van der Waals surface area (Å²) >= 11 is 0. The lowest BCUT2D eigenvalue weighted by Crippen LogP contribution is -2.38. The van der Waals surface area contributed by atoms with Gasteiger partial charge in [-0.2, -0.15) is 0 Å². The molecule has 1 aromatic heterocycles. The summed E-state index contributed by atoms with van der Waals surface area (Å²) in [5.74, 6) is 0. The largest absolute Gasteiger partial charge is 0.396 e. The van der Waals surface area contributed by atoms with E-state index in [-0.39, 0.29) is 13.0 Å². The van der Waals surface area contributed by atoms with Gasteiger partial charge in [0.25, 0.3) is 5.56 Å². The molecule has 2 rings (SSSR count). The first-order chi connectivity index (χ1) is 8.39. The Bertz CT molecular complexity index is 551.